The van der Waals surface area contributed by atoms with Crippen molar-refractivity contribution in [2.24, 2.45) is 11.8 Å². The van der Waals surface area contributed by atoms with Gasteiger partial charge in [0.15, 0.2) is 11.6 Å². The Bertz CT molecular complexity index is 937. The van der Waals surface area contributed by atoms with Gasteiger partial charge in [-0.1, -0.05) is 36.4 Å². The molecule has 2 nitrogen and oxygen atoms in total. The van der Waals surface area contributed by atoms with E-state index in [2.05, 4.69) is 31.2 Å². The molecule has 2 atom stereocenters. The first-order valence-corrected chi connectivity index (χ1v) is 13.0. The molecule has 1 heterocycles. The maximum absolute atomic E-state index is 14.6. The monoisotopic (exact) mass is 468 g/mol. The van der Waals surface area contributed by atoms with E-state index in [1.165, 1.54) is 63.0 Å². The van der Waals surface area contributed by atoms with Crippen molar-refractivity contribution in [1.82, 2.24) is 0 Å². The first kappa shape index (κ1) is 24.9. The molecule has 1 saturated heterocycles. The fourth-order valence-electron chi connectivity index (χ4n) is 5.71. The van der Waals surface area contributed by atoms with Crippen LogP contribution in [0.25, 0.3) is 11.1 Å². The van der Waals surface area contributed by atoms with Gasteiger partial charge in [0.05, 0.1) is 12.7 Å². The molecule has 0 spiro atoms. The van der Waals surface area contributed by atoms with Crippen LogP contribution in [-0.2, 0) is 4.74 Å². The summed E-state index contributed by atoms with van der Waals surface area (Å²) < 4.78 is 40.3. The standard InChI is InChI=1S/C30H38F2O2/c1-3-5-6-7-21-8-18-27(34-20-21)25-15-11-23(12-16-25)22-9-13-24(14-10-22)26-17-19-28(33-4-2)30(32)29(26)31/h3,5,9-10,13-14,17,19,21,23,25,27H,4,6-8,11-12,15-16,18,20H2,1-2H3. The van der Waals surface area contributed by atoms with Crippen molar-refractivity contribution >= 4 is 0 Å². The van der Waals surface area contributed by atoms with Gasteiger partial charge in [-0.3, -0.25) is 0 Å². The van der Waals surface area contributed by atoms with Gasteiger partial charge in [0.25, 0.3) is 0 Å². The maximum Gasteiger partial charge on any atom is 0.201 e. The van der Waals surface area contributed by atoms with Gasteiger partial charge in [-0.2, -0.15) is 4.39 Å². The van der Waals surface area contributed by atoms with Crippen LogP contribution in [0.1, 0.15) is 76.7 Å². The van der Waals surface area contributed by atoms with E-state index >= 15 is 0 Å². The molecule has 34 heavy (non-hydrogen) atoms. The lowest BCUT2D eigenvalue weighted by atomic mass is 9.75. The van der Waals surface area contributed by atoms with Crippen LogP contribution in [0.2, 0.25) is 0 Å². The summed E-state index contributed by atoms with van der Waals surface area (Å²) in [6.45, 7) is 5.06. The summed E-state index contributed by atoms with van der Waals surface area (Å²) in [5.41, 5.74) is 2.26. The van der Waals surface area contributed by atoms with Crippen molar-refractivity contribution in [1.29, 1.82) is 0 Å². The molecule has 2 fully saturated rings. The first-order valence-electron chi connectivity index (χ1n) is 13.0. The highest BCUT2D eigenvalue weighted by molar-refractivity contribution is 5.65. The minimum Gasteiger partial charge on any atom is -0.491 e. The molecule has 1 aliphatic heterocycles. The number of hydrogen-bond acceptors (Lipinski definition) is 2. The van der Waals surface area contributed by atoms with E-state index in [9.17, 15) is 8.78 Å². The smallest absolute Gasteiger partial charge is 0.201 e. The fourth-order valence-corrected chi connectivity index (χ4v) is 5.71. The van der Waals surface area contributed by atoms with Gasteiger partial charge in [-0.25, -0.2) is 4.39 Å². The van der Waals surface area contributed by atoms with Gasteiger partial charge in [-0.15, -0.1) is 0 Å². The molecule has 2 unspecified atom stereocenters. The second-order valence-corrected chi connectivity index (χ2v) is 9.87. The largest absolute Gasteiger partial charge is 0.491 e. The molecule has 0 aromatic heterocycles. The predicted octanol–water partition coefficient (Wildman–Crippen LogP) is 8.46. The van der Waals surface area contributed by atoms with Crippen LogP contribution >= 0.6 is 0 Å². The Hall–Kier alpha value is -2.20. The Morgan fingerprint density at radius 1 is 0.941 bits per heavy atom. The van der Waals surface area contributed by atoms with Crippen molar-refractivity contribution in [3.05, 3.63) is 65.7 Å². The summed E-state index contributed by atoms with van der Waals surface area (Å²) in [5.74, 6) is 0.114. The van der Waals surface area contributed by atoms with Crippen LogP contribution in [-0.4, -0.2) is 19.3 Å². The second kappa shape index (κ2) is 12.0. The van der Waals surface area contributed by atoms with Crippen LogP contribution in [0.4, 0.5) is 8.78 Å². The molecule has 0 radical (unpaired) electrons. The van der Waals surface area contributed by atoms with Crippen LogP contribution in [0.15, 0.2) is 48.6 Å². The molecular weight excluding hydrogens is 430 g/mol. The zero-order valence-electron chi connectivity index (χ0n) is 20.6. The van der Waals surface area contributed by atoms with Crippen molar-refractivity contribution in [2.75, 3.05) is 13.2 Å². The van der Waals surface area contributed by atoms with Crippen molar-refractivity contribution in [3.63, 3.8) is 0 Å². The number of benzene rings is 2. The third-order valence-corrected chi connectivity index (χ3v) is 7.72. The summed E-state index contributed by atoms with van der Waals surface area (Å²) in [6.07, 6.45) is 14.5. The lowest BCUT2D eigenvalue weighted by Crippen LogP contribution is -2.34. The SMILES string of the molecule is CC=CCCC1CCC(C2CCC(c3ccc(-c4ccc(OCC)c(F)c4F)cc3)CC2)OC1. The predicted molar refractivity (Wildman–Crippen MR) is 134 cm³/mol. The van der Waals surface area contributed by atoms with E-state index in [0.29, 0.717) is 30.1 Å². The third-order valence-electron chi connectivity index (χ3n) is 7.72. The quantitative estimate of drug-likeness (QED) is 0.362. The number of allylic oxidation sites excluding steroid dienone is 2. The van der Waals surface area contributed by atoms with Gasteiger partial charge in [-0.05, 0) is 106 Å². The molecule has 1 aliphatic carbocycles. The highest BCUT2D eigenvalue weighted by Gasteiger charge is 2.32. The zero-order chi connectivity index (χ0) is 23.9. The number of halogens is 2. The van der Waals surface area contributed by atoms with E-state index in [4.69, 9.17) is 9.47 Å². The summed E-state index contributed by atoms with van der Waals surface area (Å²) in [7, 11) is 0. The van der Waals surface area contributed by atoms with Crippen molar-refractivity contribution in [2.45, 2.75) is 77.2 Å². The molecule has 0 bridgehead atoms. The number of ether oxygens (including phenoxy) is 2. The lowest BCUT2D eigenvalue weighted by molar-refractivity contribution is -0.0573. The molecular formula is C30H38F2O2. The summed E-state index contributed by atoms with van der Waals surface area (Å²) in [4.78, 5) is 0. The Kier molecular flexibility index (Phi) is 8.77. The van der Waals surface area contributed by atoms with Crippen LogP contribution in [0, 0.1) is 23.5 Å². The first-order chi connectivity index (χ1) is 16.6. The van der Waals surface area contributed by atoms with Crippen molar-refractivity contribution < 1.29 is 18.3 Å². The van der Waals surface area contributed by atoms with E-state index in [0.717, 1.165) is 12.5 Å². The van der Waals surface area contributed by atoms with Gasteiger partial charge in [0.2, 0.25) is 5.82 Å². The molecule has 2 aromatic rings. The maximum atomic E-state index is 14.6. The highest BCUT2D eigenvalue weighted by atomic mass is 19.2. The summed E-state index contributed by atoms with van der Waals surface area (Å²) in [5, 5.41) is 0. The molecule has 2 aromatic carbocycles. The highest BCUT2D eigenvalue weighted by Crippen LogP contribution is 2.41. The fraction of sp³-hybridized carbons (Fsp3) is 0.533. The Morgan fingerprint density at radius 3 is 2.35 bits per heavy atom. The van der Waals surface area contributed by atoms with Crippen molar-refractivity contribution in [3.8, 4) is 16.9 Å². The average molecular weight is 469 g/mol. The van der Waals surface area contributed by atoms with Crippen LogP contribution < -0.4 is 4.74 Å². The molecule has 4 rings (SSSR count). The third kappa shape index (κ3) is 5.89. The lowest BCUT2D eigenvalue weighted by Gasteiger charge is -2.38. The summed E-state index contributed by atoms with van der Waals surface area (Å²) >= 11 is 0. The average Bonchev–Trinajstić information content (AvgIpc) is 2.88. The minimum atomic E-state index is -0.921. The van der Waals surface area contributed by atoms with Gasteiger partial charge in [0, 0.05) is 12.2 Å². The normalized spacial score (nSPS) is 25.5. The topological polar surface area (TPSA) is 18.5 Å². The molecule has 1 saturated carbocycles. The molecule has 184 valence electrons. The van der Waals surface area contributed by atoms with E-state index < -0.39 is 11.6 Å². The summed E-state index contributed by atoms with van der Waals surface area (Å²) in [6, 6.07) is 11.1. The van der Waals surface area contributed by atoms with Crippen LogP contribution in [0.3, 0.4) is 0 Å². The van der Waals surface area contributed by atoms with Crippen LogP contribution in [0.5, 0.6) is 5.75 Å². The number of hydrogen-bond donors (Lipinski definition) is 0. The Balaban J connectivity index is 1.30. The minimum absolute atomic E-state index is 0.0387. The Morgan fingerprint density at radius 2 is 1.71 bits per heavy atom. The zero-order valence-corrected chi connectivity index (χ0v) is 20.6. The van der Waals surface area contributed by atoms with E-state index in [1.54, 1.807) is 13.0 Å². The number of rotatable bonds is 8. The van der Waals surface area contributed by atoms with Gasteiger partial charge in [0.1, 0.15) is 0 Å². The van der Waals surface area contributed by atoms with Gasteiger partial charge < -0.3 is 9.47 Å². The Labute approximate surface area is 203 Å². The molecule has 0 amide bonds. The van der Waals surface area contributed by atoms with Gasteiger partial charge >= 0.3 is 0 Å². The molecule has 2 aliphatic rings. The molecule has 4 heteroatoms. The van der Waals surface area contributed by atoms with E-state index in [-0.39, 0.29) is 11.3 Å². The molecule has 0 N–H and O–H groups in total. The second-order valence-electron chi connectivity index (χ2n) is 9.87. The van der Waals surface area contributed by atoms with E-state index in [1.807, 2.05) is 12.1 Å².